The molecule has 2 aliphatic heterocycles. The first-order chi connectivity index (χ1) is 8.31. The number of hydrogen-bond acceptors (Lipinski definition) is 4. The van der Waals surface area contributed by atoms with E-state index in [0.29, 0.717) is 6.61 Å². The number of aromatic nitrogens is 3. The molecule has 17 heavy (non-hydrogen) atoms. The van der Waals surface area contributed by atoms with Crippen molar-refractivity contribution in [1.82, 2.24) is 19.7 Å². The van der Waals surface area contributed by atoms with Crippen LogP contribution in [-0.2, 0) is 11.2 Å². The highest BCUT2D eigenvalue weighted by molar-refractivity contribution is 4.96. The highest BCUT2D eigenvalue weighted by Gasteiger charge is 2.28. The lowest BCUT2D eigenvalue weighted by Crippen LogP contribution is -2.47. The molecule has 1 aromatic rings. The van der Waals surface area contributed by atoms with E-state index < -0.39 is 0 Å². The van der Waals surface area contributed by atoms with Crippen LogP contribution < -0.4 is 11.0 Å². The SMILES string of the molecule is CCc1nn([C@H]2CCOC2)c(=O)n1C1CNC1. The predicted molar refractivity (Wildman–Crippen MR) is 62.2 cm³/mol. The number of nitrogens with zero attached hydrogens (tertiary/aromatic N) is 3. The summed E-state index contributed by atoms with van der Waals surface area (Å²) >= 11 is 0. The first-order valence-corrected chi connectivity index (χ1v) is 6.29. The Morgan fingerprint density at radius 2 is 2.29 bits per heavy atom. The first-order valence-electron chi connectivity index (χ1n) is 6.29. The number of nitrogens with one attached hydrogen (secondary N) is 1. The Morgan fingerprint density at radius 3 is 2.82 bits per heavy atom. The van der Waals surface area contributed by atoms with Gasteiger partial charge in [-0.15, -0.1) is 0 Å². The molecule has 0 radical (unpaired) electrons. The van der Waals surface area contributed by atoms with Crippen LogP contribution in [0.3, 0.4) is 0 Å². The van der Waals surface area contributed by atoms with Gasteiger partial charge in [-0.3, -0.25) is 4.57 Å². The summed E-state index contributed by atoms with van der Waals surface area (Å²) in [6.07, 6.45) is 1.69. The van der Waals surface area contributed by atoms with Crippen molar-refractivity contribution in [1.29, 1.82) is 0 Å². The van der Waals surface area contributed by atoms with Gasteiger partial charge in [-0.1, -0.05) is 6.92 Å². The summed E-state index contributed by atoms with van der Waals surface area (Å²) in [5.41, 5.74) is 0.0313. The monoisotopic (exact) mass is 238 g/mol. The van der Waals surface area contributed by atoms with Gasteiger partial charge in [-0.25, -0.2) is 9.48 Å². The molecule has 94 valence electrons. The van der Waals surface area contributed by atoms with Crippen LogP contribution in [0.25, 0.3) is 0 Å². The van der Waals surface area contributed by atoms with E-state index in [1.165, 1.54) is 0 Å². The summed E-state index contributed by atoms with van der Waals surface area (Å²) in [5, 5.41) is 7.67. The second-order valence-electron chi connectivity index (χ2n) is 4.70. The molecular formula is C11H18N4O2. The van der Waals surface area contributed by atoms with Crippen molar-refractivity contribution in [3.05, 3.63) is 16.3 Å². The molecule has 0 aromatic carbocycles. The maximum Gasteiger partial charge on any atom is 0.346 e. The maximum absolute atomic E-state index is 12.4. The van der Waals surface area contributed by atoms with Crippen molar-refractivity contribution >= 4 is 0 Å². The largest absolute Gasteiger partial charge is 0.379 e. The molecule has 6 heteroatoms. The van der Waals surface area contributed by atoms with Crippen LogP contribution in [0.4, 0.5) is 0 Å². The molecule has 6 nitrogen and oxygen atoms in total. The molecule has 0 saturated carbocycles. The zero-order valence-corrected chi connectivity index (χ0v) is 10.1. The van der Waals surface area contributed by atoms with Gasteiger partial charge in [0.05, 0.1) is 18.7 Å². The highest BCUT2D eigenvalue weighted by atomic mass is 16.5. The lowest BCUT2D eigenvalue weighted by Gasteiger charge is -2.28. The molecular weight excluding hydrogens is 220 g/mol. The lowest BCUT2D eigenvalue weighted by molar-refractivity contribution is 0.183. The molecule has 2 saturated heterocycles. The third kappa shape index (κ3) is 1.71. The van der Waals surface area contributed by atoms with E-state index in [4.69, 9.17) is 4.74 Å². The zero-order valence-electron chi connectivity index (χ0n) is 10.1. The zero-order chi connectivity index (χ0) is 11.8. The normalized spacial score (nSPS) is 25.1. The van der Waals surface area contributed by atoms with Crippen LogP contribution in [0, 0.1) is 0 Å². The summed E-state index contributed by atoms with van der Waals surface area (Å²) in [6, 6.07) is 0.413. The van der Waals surface area contributed by atoms with Gasteiger partial charge in [0.15, 0.2) is 0 Å². The van der Waals surface area contributed by atoms with Crippen LogP contribution in [-0.4, -0.2) is 40.7 Å². The molecule has 0 aliphatic carbocycles. The Hall–Kier alpha value is -1.14. The van der Waals surface area contributed by atoms with E-state index in [1.807, 2.05) is 11.5 Å². The third-order valence-electron chi connectivity index (χ3n) is 3.60. The van der Waals surface area contributed by atoms with Gasteiger partial charge >= 0.3 is 5.69 Å². The van der Waals surface area contributed by atoms with E-state index >= 15 is 0 Å². The first kappa shape index (κ1) is 11.0. The fraction of sp³-hybridized carbons (Fsp3) is 0.818. The van der Waals surface area contributed by atoms with E-state index in [-0.39, 0.29) is 17.8 Å². The molecule has 3 heterocycles. The van der Waals surface area contributed by atoms with Gasteiger partial charge in [0.25, 0.3) is 0 Å². The maximum atomic E-state index is 12.4. The Labute approximate surface area is 99.6 Å². The summed E-state index contributed by atoms with van der Waals surface area (Å²) in [5.74, 6) is 0.897. The van der Waals surface area contributed by atoms with Gasteiger partial charge in [0.2, 0.25) is 0 Å². The summed E-state index contributed by atoms with van der Waals surface area (Å²) < 4.78 is 8.81. The smallest absolute Gasteiger partial charge is 0.346 e. The molecule has 3 rings (SSSR count). The molecule has 0 unspecified atom stereocenters. The van der Waals surface area contributed by atoms with Crippen molar-refractivity contribution in [3.8, 4) is 0 Å². The van der Waals surface area contributed by atoms with E-state index in [0.717, 1.165) is 38.4 Å². The van der Waals surface area contributed by atoms with E-state index in [2.05, 4.69) is 10.4 Å². The molecule has 0 bridgehead atoms. The van der Waals surface area contributed by atoms with Crippen molar-refractivity contribution in [3.63, 3.8) is 0 Å². The van der Waals surface area contributed by atoms with Gasteiger partial charge < -0.3 is 10.1 Å². The van der Waals surface area contributed by atoms with Gasteiger partial charge in [-0.05, 0) is 6.42 Å². The van der Waals surface area contributed by atoms with Crippen LogP contribution in [0.2, 0.25) is 0 Å². The van der Waals surface area contributed by atoms with Crippen LogP contribution in [0.1, 0.15) is 31.3 Å². The minimum absolute atomic E-state index is 0.0313. The van der Waals surface area contributed by atoms with Crippen LogP contribution in [0.15, 0.2) is 4.79 Å². The Morgan fingerprint density at radius 1 is 1.47 bits per heavy atom. The van der Waals surface area contributed by atoms with Gasteiger partial charge in [0, 0.05) is 26.1 Å². The lowest BCUT2D eigenvalue weighted by atomic mass is 10.2. The standard InChI is InChI=1S/C11H18N4O2/c1-2-10-13-15(8-3-4-17-7-8)11(16)14(10)9-5-12-6-9/h8-9,12H,2-7H2,1H3/t8-/m0/s1. The van der Waals surface area contributed by atoms with Gasteiger partial charge in [-0.2, -0.15) is 5.10 Å². The van der Waals surface area contributed by atoms with Crippen molar-refractivity contribution in [2.45, 2.75) is 31.8 Å². The number of rotatable bonds is 3. The second-order valence-corrected chi connectivity index (χ2v) is 4.70. The summed E-state index contributed by atoms with van der Waals surface area (Å²) in [7, 11) is 0. The number of hydrogen-bond donors (Lipinski definition) is 1. The fourth-order valence-electron chi connectivity index (χ4n) is 2.45. The molecule has 1 aromatic heterocycles. The molecule has 2 aliphatic rings. The predicted octanol–water partition coefficient (Wildman–Crippen LogP) is -0.287. The van der Waals surface area contributed by atoms with Crippen molar-refractivity contribution < 1.29 is 4.74 Å². The van der Waals surface area contributed by atoms with E-state index in [1.54, 1.807) is 4.68 Å². The number of aryl methyl sites for hydroxylation is 1. The molecule has 2 fully saturated rings. The Balaban J connectivity index is 1.99. The second kappa shape index (κ2) is 4.27. The topological polar surface area (TPSA) is 61.1 Å². The highest BCUT2D eigenvalue weighted by Crippen LogP contribution is 2.18. The number of ether oxygens (including phenoxy) is 1. The van der Waals surface area contributed by atoms with Crippen molar-refractivity contribution in [2.75, 3.05) is 26.3 Å². The Bertz CT molecular complexity index is 455. The van der Waals surface area contributed by atoms with Gasteiger partial charge in [0.1, 0.15) is 5.82 Å². The Kier molecular flexibility index (Phi) is 2.76. The summed E-state index contributed by atoms with van der Waals surface area (Å²) in [4.78, 5) is 12.4. The van der Waals surface area contributed by atoms with Crippen LogP contribution in [0.5, 0.6) is 0 Å². The minimum atomic E-state index is 0.0313. The molecule has 0 spiro atoms. The molecule has 0 amide bonds. The van der Waals surface area contributed by atoms with Crippen LogP contribution >= 0.6 is 0 Å². The van der Waals surface area contributed by atoms with E-state index in [9.17, 15) is 4.79 Å². The quantitative estimate of drug-likeness (QED) is 0.786. The molecule has 1 atom stereocenters. The summed E-state index contributed by atoms with van der Waals surface area (Å²) in [6.45, 7) is 5.14. The fourth-order valence-corrected chi connectivity index (χ4v) is 2.45. The third-order valence-corrected chi connectivity index (χ3v) is 3.60. The average molecular weight is 238 g/mol. The molecule has 1 N–H and O–H groups in total. The average Bonchev–Trinajstić information content (AvgIpc) is 2.86. The minimum Gasteiger partial charge on any atom is -0.379 e. The van der Waals surface area contributed by atoms with Crippen molar-refractivity contribution in [2.24, 2.45) is 0 Å².